The van der Waals surface area contributed by atoms with Crippen LogP contribution in [-0.2, 0) is 0 Å². The zero-order chi connectivity index (χ0) is 15.3. The van der Waals surface area contributed by atoms with Crippen LogP contribution in [0.25, 0.3) is 20.2 Å². The van der Waals surface area contributed by atoms with Crippen molar-refractivity contribution in [1.29, 1.82) is 0 Å². The number of hydrogen-bond acceptors (Lipinski definition) is 3. The number of carbonyl (C=O) groups is 1. The standard InChI is InChI=1S/C17H8F2OS2/c18-11-3-1-9-5-15(21-13(9)7-11)17(20)16-6-10-2-4-12(19)8-14(10)22-16/h1-8H. The van der Waals surface area contributed by atoms with E-state index in [2.05, 4.69) is 0 Å². The van der Waals surface area contributed by atoms with Crippen molar-refractivity contribution in [3.63, 3.8) is 0 Å². The van der Waals surface area contributed by atoms with E-state index in [-0.39, 0.29) is 17.4 Å². The van der Waals surface area contributed by atoms with Crippen LogP contribution in [0.2, 0.25) is 0 Å². The second-order valence-corrected chi connectivity index (χ2v) is 7.08. The number of rotatable bonds is 2. The van der Waals surface area contributed by atoms with Crippen molar-refractivity contribution >= 4 is 48.6 Å². The third-order valence-corrected chi connectivity index (χ3v) is 5.61. The Labute approximate surface area is 132 Å². The summed E-state index contributed by atoms with van der Waals surface area (Å²) in [6, 6.07) is 12.5. The summed E-state index contributed by atoms with van der Waals surface area (Å²) in [7, 11) is 0. The number of halogens is 2. The second kappa shape index (κ2) is 4.97. The molecule has 0 bridgehead atoms. The highest BCUT2D eigenvalue weighted by Gasteiger charge is 2.16. The monoisotopic (exact) mass is 330 g/mol. The molecule has 0 saturated heterocycles. The number of thiophene rings is 2. The highest BCUT2D eigenvalue weighted by molar-refractivity contribution is 7.24. The number of benzene rings is 2. The summed E-state index contributed by atoms with van der Waals surface area (Å²) in [5.41, 5.74) is 0. The lowest BCUT2D eigenvalue weighted by Gasteiger charge is -1.90. The molecule has 0 unspecified atom stereocenters. The summed E-state index contributed by atoms with van der Waals surface area (Å²) in [4.78, 5) is 13.7. The molecule has 0 fully saturated rings. The molecule has 0 aliphatic heterocycles. The number of fused-ring (bicyclic) bond motifs is 2. The largest absolute Gasteiger partial charge is 0.287 e. The van der Waals surface area contributed by atoms with E-state index >= 15 is 0 Å². The number of ketones is 1. The van der Waals surface area contributed by atoms with Crippen LogP contribution < -0.4 is 0 Å². The van der Waals surface area contributed by atoms with Crippen LogP contribution in [0.1, 0.15) is 14.5 Å². The molecule has 0 aliphatic carbocycles. The SMILES string of the molecule is O=C(c1cc2ccc(F)cc2s1)c1cc2ccc(F)cc2s1. The summed E-state index contributed by atoms with van der Waals surface area (Å²) in [5, 5.41) is 1.70. The van der Waals surface area contributed by atoms with Crippen molar-refractivity contribution in [2.75, 3.05) is 0 Å². The average Bonchev–Trinajstić information content (AvgIpc) is 3.08. The van der Waals surface area contributed by atoms with Crippen molar-refractivity contribution in [2.24, 2.45) is 0 Å². The minimum Gasteiger partial charge on any atom is -0.287 e. The third kappa shape index (κ3) is 2.23. The topological polar surface area (TPSA) is 17.1 Å². The first-order chi connectivity index (χ1) is 10.6. The maximum atomic E-state index is 13.2. The van der Waals surface area contributed by atoms with Gasteiger partial charge in [0, 0.05) is 9.40 Å². The van der Waals surface area contributed by atoms with Gasteiger partial charge in [0.05, 0.1) is 9.75 Å². The summed E-state index contributed by atoms with van der Waals surface area (Å²) in [6.07, 6.45) is 0. The quantitative estimate of drug-likeness (QED) is 0.436. The molecular formula is C17H8F2OS2. The van der Waals surface area contributed by atoms with Crippen LogP contribution in [0.5, 0.6) is 0 Å². The van der Waals surface area contributed by atoms with E-state index in [1.807, 2.05) is 0 Å². The van der Waals surface area contributed by atoms with Crippen LogP contribution in [0, 0.1) is 11.6 Å². The van der Waals surface area contributed by atoms with Gasteiger partial charge in [-0.25, -0.2) is 8.78 Å². The molecule has 5 heteroatoms. The molecule has 0 radical (unpaired) electrons. The molecule has 108 valence electrons. The molecule has 0 atom stereocenters. The van der Waals surface area contributed by atoms with Gasteiger partial charge < -0.3 is 0 Å². The Bertz CT molecular complexity index is 948. The fraction of sp³-hybridized carbons (Fsp3) is 0. The van der Waals surface area contributed by atoms with Gasteiger partial charge in [-0.1, -0.05) is 12.1 Å². The van der Waals surface area contributed by atoms with E-state index in [9.17, 15) is 13.6 Å². The minimum atomic E-state index is -0.314. The molecule has 1 nitrogen and oxygen atoms in total. The van der Waals surface area contributed by atoms with Crippen molar-refractivity contribution < 1.29 is 13.6 Å². The van der Waals surface area contributed by atoms with E-state index in [1.165, 1.54) is 46.9 Å². The third-order valence-electron chi connectivity index (χ3n) is 3.41. The molecular weight excluding hydrogens is 322 g/mol. The minimum absolute atomic E-state index is 0.108. The number of carbonyl (C=O) groups excluding carboxylic acids is 1. The second-order valence-electron chi connectivity index (χ2n) is 4.91. The highest BCUT2D eigenvalue weighted by atomic mass is 32.1. The van der Waals surface area contributed by atoms with Crippen LogP contribution in [0.3, 0.4) is 0 Å². The predicted molar refractivity (Wildman–Crippen MR) is 87.0 cm³/mol. The van der Waals surface area contributed by atoms with Crippen LogP contribution in [-0.4, -0.2) is 5.78 Å². The predicted octanol–water partition coefficient (Wildman–Crippen LogP) is 5.63. The Morgan fingerprint density at radius 2 is 1.18 bits per heavy atom. The van der Waals surface area contributed by atoms with Crippen LogP contribution >= 0.6 is 22.7 Å². The van der Waals surface area contributed by atoms with Crippen LogP contribution in [0.4, 0.5) is 8.78 Å². The maximum Gasteiger partial charge on any atom is 0.212 e. The fourth-order valence-electron chi connectivity index (χ4n) is 2.36. The molecule has 4 rings (SSSR count). The first kappa shape index (κ1) is 13.5. The Kier molecular flexibility index (Phi) is 3.06. The lowest BCUT2D eigenvalue weighted by molar-refractivity contribution is 0.104. The van der Waals surface area contributed by atoms with Crippen molar-refractivity contribution in [1.82, 2.24) is 0 Å². The smallest absolute Gasteiger partial charge is 0.212 e. The summed E-state index contributed by atoms with van der Waals surface area (Å²) >= 11 is 2.54. The Balaban J connectivity index is 1.80. The Morgan fingerprint density at radius 1 is 0.727 bits per heavy atom. The first-order valence-electron chi connectivity index (χ1n) is 6.53. The van der Waals surface area contributed by atoms with E-state index in [0.29, 0.717) is 9.75 Å². The Morgan fingerprint density at radius 3 is 1.64 bits per heavy atom. The lowest BCUT2D eigenvalue weighted by atomic mass is 10.2. The van der Waals surface area contributed by atoms with E-state index in [4.69, 9.17) is 0 Å². The maximum absolute atomic E-state index is 13.2. The summed E-state index contributed by atoms with van der Waals surface area (Å²) in [5.74, 6) is -0.736. The molecule has 0 amide bonds. The molecule has 0 spiro atoms. The lowest BCUT2D eigenvalue weighted by Crippen LogP contribution is -1.93. The van der Waals surface area contributed by atoms with Gasteiger partial charge in [0.2, 0.25) is 5.78 Å². The van der Waals surface area contributed by atoms with Crippen molar-refractivity contribution in [3.05, 3.63) is 69.9 Å². The highest BCUT2D eigenvalue weighted by Crippen LogP contribution is 2.32. The Hall–Kier alpha value is -2.11. The molecule has 22 heavy (non-hydrogen) atoms. The first-order valence-corrected chi connectivity index (χ1v) is 8.16. The van der Waals surface area contributed by atoms with E-state index < -0.39 is 0 Å². The van der Waals surface area contributed by atoms with Gasteiger partial charge in [-0.3, -0.25) is 4.79 Å². The van der Waals surface area contributed by atoms with Gasteiger partial charge in [-0.15, -0.1) is 22.7 Å². The van der Waals surface area contributed by atoms with Crippen LogP contribution in [0.15, 0.2) is 48.5 Å². The van der Waals surface area contributed by atoms with E-state index in [1.54, 1.807) is 24.3 Å². The van der Waals surface area contributed by atoms with Crippen molar-refractivity contribution in [3.8, 4) is 0 Å². The molecule has 0 aliphatic rings. The summed E-state index contributed by atoms with van der Waals surface area (Å²) in [6.45, 7) is 0. The van der Waals surface area contributed by atoms with E-state index in [0.717, 1.165) is 20.2 Å². The zero-order valence-corrected chi connectivity index (χ0v) is 12.7. The molecule has 0 saturated carbocycles. The van der Waals surface area contributed by atoms with Gasteiger partial charge in [0.1, 0.15) is 11.6 Å². The van der Waals surface area contributed by atoms with Gasteiger partial charge in [-0.05, 0) is 47.2 Å². The normalized spacial score (nSPS) is 11.4. The molecule has 2 heterocycles. The van der Waals surface area contributed by atoms with Gasteiger partial charge >= 0.3 is 0 Å². The molecule has 2 aromatic carbocycles. The number of hydrogen-bond donors (Lipinski definition) is 0. The van der Waals surface area contributed by atoms with Gasteiger partial charge in [-0.2, -0.15) is 0 Å². The summed E-state index contributed by atoms with van der Waals surface area (Å²) < 4.78 is 28.0. The molecule has 0 N–H and O–H groups in total. The van der Waals surface area contributed by atoms with Gasteiger partial charge in [0.25, 0.3) is 0 Å². The zero-order valence-electron chi connectivity index (χ0n) is 11.1. The fourth-order valence-corrected chi connectivity index (χ4v) is 4.50. The molecule has 4 aromatic rings. The van der Waals surface area contributed by atoms with Crippen molar-refractivity contribution in [2.45, 2.75) is 0 Å². The molecule has 2 aromatic heterocycles. The van der Waals surface area contributed by atoms with Gasteiger partial charge in [0.15, 0.2) is 0 Å². The average molecular weight is 330 g/mol.